The first-order valence-corrected chi connectivity index (χ1v) is 24.1. The van der Waals surface area contributed by atoms with Gasteiger partial charge in [-0.3, -0.25) is 0 Å². The number of fused-ring (bicyclic) bond motifs is 10. The van der Waals surface area contributed by atoms with E-state index in [0.717, 1.165) is 17.1 Å². The predicted octanol–water partition coefficient (Wildman–Crippen LogP) is 12.4. The van der Waals surface area contributed by atoms with Crippen LogP contribution >= 0.6 is 0 Å². The molecule has 0 radical (unpaired) electrons. The molecule has 0 aliphatic rings. The monoisotopic (exact) mass is 831 g/mol. The number of hydrogen-bond acceptors (Lipinski definition) is 0. The van der Waals surface area contributed by atoms with Gasteiger partial charge in [0.25, 0.3) is 0 Å². The van der Waals surface area contributed by atoms with Crippen LogP contribution in [0.15, 0.2) is 249 Å². The number of para-hydroxylation sites is 5. The summed E-state index contributed by atoms with van der Waals surface area (Å²) in [4.78, 5) is 0. The van der Waals surface area contributed by atoms with E-state index in [4.69, 9.17) is 0 Å². The van der Waals surface area contributed by atoms with Gasteiger partial charge in [0.15, 0.2) is 8.07 Å². The molecule has 64 heavy (non-hydrogen) atoms. The average molecular weight is 832 g/mol. The number of hydrogen-bond donors (Lipinski definition) is 0. The molecule has 0 fully saturated rings. The number of rotatable bonds is 7. The van der Waals surface area contributed by atoms with Gasteiger partial charge in [0, 0.05) is 49.4 Å². The van der Waals surface area contributed by atoms with Crippen molar-refractivity contribution in [1.82, 2.24) is 13.7 Å². The van der Waals surface area contributed by atoms with E-state index in [-0.39, 0.29) is 0 Å². The van der Waals surface area contributed by atoms with E-state index >= 15 is 0 Å². The first-order chi connectivity index (χ1) is 31.8. The van der Waals surface area contributed by atoms with Crippen LogP contribution in [-0.2, 0) is 0 Å². The van der Waals surface area contributed by atoms with Crippen LogP contribution in [0.2, 0.25) is 0 Å². The van der Waals surface area contributed by atoms with Crippen molar-refractivity contribution >= 4 is 94.2 Å². The van der Waals surface area contributed by atoms with Crippen LogP contribution in [-0.4, -0.2) is 21.8 Å². The molecule has 4 heteroatoms. The average Bonchev–Trinajstić information content (AvgIpc) is 4.01. The zero-order valence-corrected chi connectivity index (χ0v) is 36.0. The van der Waals surface area contributed by atoms with E-state index in [1.165, 1.54) is 86.2 Å². The second kappa shape index (κ2) is 14.5. The third-order valence-corrected chi connectivity index (χ3v) is 18.3. The van der Waals surface area contributed by atoms with Gasteiger partial charge in [0.05, 0.1) is 33.1 Å². The molecule has 0 N–H and O–H groups in total. The Morgan fingerprint density at radius 2 is 0.641 bits per heavy atom. The summed E-state index contributed by atoms with van der Waals surface area (Å²) in [6.07, 6.45) is 0. The molecule has 10 aromatic carbocycles. The summed E-state index contributed by atoms with van der Waals surface area (Å²) in [5, 5.41) is 12.9. The minimum Gasteiger partial charge on any atom is -0.309 e. The molecule has 3 aromatic heterocycles. The Labute approximate surface area is 372 Å². The maximum atomic E-state index is 2.50. The lowest BCUT2D eigenvalue weighted by molar-refractivity contribution is 1.18. The Morgan fingerprint density at radius 3 is 1.23 bits per heavy atom. The van der Waals surface area contributed by atoms with Gasteiger partial charge in [-0.25, -0.2) is 0 Å². The Balaban J connectivity index is 1.07. The highest BCUT2D eigenvalue weighted by atomic mass is 28.3. The summed E-state index contributed by atoms with van der Waals surface area (Å²) in [5.41, 5.74) is 10.7. The number of benzene rings is 10. The fourth-order valence-electron chi connectivity index (χ4n) is 10.9. The molecule has 3 nitrogen and oxygen atoms in total. The summed E-state index contributed by atoms with van der Waals surface area (Å²) in [6.45, 7) is 0. The van der Waals surface area contributed by atoms with Gasteiger partial charge >= 0.3 is 0 Å². The van der Waals surface area contributed by atoms with Crippen LogP contribution in [0.4, 0.5) is 0 Å². The smallest absolute Gasteiger partial charge is 0.179 e. The summed E-state index contributed by atoms with van der Waals surface area (Å²) in [5.74, 6) is 0. The van der Waals surface area contributed by atoms with Gasteiger partial charge in [-0.05, 0) is 87.5 Å². The predicted molar refractivity (Wildman–Crippen MR) is 273 cm³/mol. The molecular weight excluding hydrogens is 791 g/mol. The second-order valence-corrected chi connectivity index (χ2v) is 20.7. The van der Waals surface area contributed by atoms with Gasteiger partial charge in [0.1, 0.15) is 0 Å². The highest BCUT2D eigenvalue weighted by Gasteiger charge is 2.41. The van der Waals surface area contributed by atoms with Crippen molar-refractivity contribution in [2.24, 2.45) is 0 Å². The van der Waals surface area contributed by atoms with Crippen molar-refractivity contribution < 1.29 is 0 Å². The highest BCUT2D eigenvalue weighted by molar-refractivity contribution is 7.19. The van der Waals surface area contributed by atoms with Crippen molar-refractivity contribution in [2.45, 2.75) is 0 Å². The molecule has 0 saturated heterocycles. The van der Waals surface area contributed by atoms with E-state index < -0.39 is 8.07 Å². The minimum absolute atomic E-state index is 1.15. The van der Waals surface area contributed by atoms with E-state index in [2.05, 4.69) is 262 Å². The van der Waals surface area contributed by atoms with Crippen LogP contribution in [0.5, 0.6) is 0 Å². The lowest BCUT2D eigenvalue weighted by Gasteiger charge is -2.35. The first-order valence-electron chi connectivity index (χ1n) is 22.1. The number of aromatic nitrogens is 3. The summed E-state index contributed by atoms with van der Waals surface area (Å²) in [7, 11) is -2.94. The van der Waals surface area contributed by atoms with Gasteiger partial charge < -0.3 is 13.7 Å². The third kappa shape index (κ3) is 5.27. The molecule has 0 saturated carbocycles. The molecule has 13 aromatic rings. The normalized spacial score (nSPS) is 12.1. The van der Waals surface area contributed by atoms with Gasteiger partial charge in [-0.15, -0.1) is 0 Å². The van der Waals surface area contributed by atoms with Crippen LogP contribution in [0.3, 0.4) is 0 Å². The fourth-order valence-corrected chi connectivity index (χ4v) is 15.7. The Kier molecular flexibility index (Phi) is 8.23. The molecule has 0 bridgehead atoms. The van der Waals surface area contributed by atoms with Crippen molar-refractivity contribution in [3.8, 4) is 17.1 Å². The van der Waals surface area contributed by atoms with Crippen molar-refractivity contribution in [3.63, 3.8) is 0 Å². The molecule has 0 atom stereocenters. The molecular formula is C60H41N3Si. The zero-order chi connectivity index (χ0) is 42.2. The Bertz CT molecular complexity index is 3790. The van der Waals surface area contributed by atoms with E-state index in [0.29, 0.717) is 0 Å². The van der Waals surface area contributed by atoms with Crippen LogP contribution in [0.25, 0.3) is 82.5 Å². The quantitative estimate of drug-likeness (QED) is 0.112. The molecule has 0 amide bonds. The standard InChI is InChI=1S/C60H41N3Si/c1-4-19-42(20-5-1)63-56-33-16-12-29-51(56)52-39-40-58-59(60(52)63)53-30-13-17-34-57(53)62(58)44-21-18-26-48(41-44)64(45-22-6-2-7-23-45,46-24-8-3-9-25-46)47-37-35-43(36-38-47)61-54-31-14-10-27-49(54)50-28-11-15-32-55(50)61/h1-41H. The Hall–Kier alpha value is -8.18. The largest absolute Gasteiger partial charge is 0.309 e. The van der Waals surface area contributed by atoms with Crippen LogP contribution in [0, 0.1) is 0 Å². The van der Waals surface area contributed by atoms with Gasteiger partial charge in [-0.2, -0.15) is 0 Å². The molecule has 0 spiro atoms. The van der Waals surface area contributed by atoms with Gasteiger partial charge in [0.2, 0.25) is 0 Å². The Morgan fingerprint density at radius 1 is 0.234 bits per heavy atom. The van der Waals surface area contributed by atoms with E-state index in [1.54, 1.807) is 0 Å². The topological polar surface area (TPSA) is 14.8 Å². The summed E-state index contributed by atoms with van der Waals surface area (Å²) >= 11 is 0. The highest BCUT2D eigenvalue weighted by Crippen LogP contribution is 2.42. The lowest BCUT2D eigenvalue weighted by Crippen LogP contribution is -2.74. The maximum absolute atomic E-state index is 2.94. The van der Waals surface area contributed by atoms with Gasteiger partial charge in [-0.1, -0.05) is 182 Å². The van der Waals surface area contributed by atoms with Crippen molar-refractivity contribution in [1.29, 1.82) is 0 Å². The molecule has 3 heterocycles. The zero-order valence-electron chi connectivity index (χ0n) is 35.0. The third-order valence-electron chi connectivity index (χ3n) is 13.6. The molecule has 300 valence electrons. The first kappa shape index (κ1) is 36.5. The number of nitrogens with zero attached hydrogens (tertiary/aromatic N) is 3. The molecule has 0 unspecified atom stereocenters. The van der Waals surface area contributed by atoms with Crippen LogP contribution in [0.1, 0.15) is 0 Å². The molecule has 13 rings (SSSR count). The molecule has 0 aliphatic heterocycles. The fraction of sp³-hybridized carbons (Fsp3) is 0. The van der Waals surface area contributed by atoms with E-state index in [1.807, 2.05) is 0 Å². The maximum Gasteiger partial charge on any atom is 0.179 e. The van der Waals surface area contributed by atoms with Crippen molar-refractivity contribution in [3.05, 3.63) is 249 Å². The van der Waals surface area contributed by atoms with Crippen molar-refractivity contribution in [2.75, 3.05) is 0 Å². The van der Waals surface area contributed by atoms with E-state index in [9.17, 15) is 0 Å². The second-order valence-electron chi connectivity index (χ2n) is 16.8. The van der Waals surface area contributed by atoms with Crippen LogP contribution < -0.4 is 20.7 Å². The lowest BCUT2D eigenvalue weighted by atomic mass is 10.1. The molecule has 0 aliphatic carbocycles. The summed E-state index contributed by atoms with van der Waals surface area (Å²) < 4.78 is 7.38. The minimum atomic E-state index is -2.94. The SMILES string of the molecule is c1ccc(-n2c3ccccc3c3ccc4c(c5ccccc5n4-c4cccc([Si](c5ccccc5)(c5ccccc5)c5ccc(-n6c7ccccc7c7ccccc76)cc5)c4)c32)cc1. The summed E-state index contributed by atoms with van der Waals surface area (Å²) in [6, 6.07) is 92.3.